The summed E-state index contributed by atoms with van der Waals surface area (Å²) in [6, 6.07) is 25.8. The Labute approximate surface area is 284 Å². The van der Waals surface area contributed by atoms with Crippen LogP contribution in [0, 0.1) is 17.2 Å². The zero-order valence-electron chi connectivity index (χ0n) is 28.3. The van der Waals surface area contributed by atoms with Gasteiger partial charge < -0.3 is 24.8 Å². The molecule has 0 radical (unpaired) electrons. The van der Waals surface area contributed by atoms with Gasteiger partial charge in [-0.3, -0.25) is 4.79 Å². The van der Waals surface area contributed by atoms with Crippen molar-refractivity contribution in [1.29, 1.82) is 5.26 Å². The summed E-state index contributed by atoms with van der Waals surface area (Å²) in [7, 11) is 1.65. The van der Waals surface area contributed by atoms with Gasteiger partial charge in [-0.1, -0.05) is 77.4 Å². The third kappa shape index (κ3) is 10.2. The highest BCUT2D eigenvalue weighted by atomic mass is 32.1. The lowest BCUT2D eigenvalue weighted by Gasteiger charge is -2.33. The number of nitrogens with one attached hydrogen (secondary N) is 2. The van der Waals surface area contributed by atoms with Crippen LogP contribution in [0.5, 0.6) is 5.75 Å². The molecule has 0 aliphatic rings. The van der Waals surface area contributed by atoms with Crippen molar-refractivity contribution in [2.45, 2.75) is 72.0 Å². The molecule has 1 amide bonds. The van der Waals surface area contributed by atoms with Gasteiger partial charge in [-0.2, -0.15) is 5.26 Å². The van der Waals surface area contributed by atoms with Gasteiger partial charge in [0.25, 0.3) is 0 Å². The lowest BCUT2D eigenvalue weighted by atomic mass is 9.87. The van der Waals surface area contributed by atoms with Gasteiger partial charge in [0, 0.05) is 43.3 Å². The molecule has 4 aromatic rings. The number of methoxy groups -OCH3 is 1. The normalized spacial score (nSPS) is 12.4. The Hall–Kier alpha value is -4.68. The molecule has 0 spiro atoms. The fraction of sp³-hybridized carbons (Fsp3) is 0.368. The largest absolute Gasteiger partial charge is 0.497 e. The van der Waals surface area contributed by atoms with Crippen molar-refractivity contribution in [3.8, 4) is 11.8 Å². The van der Waals surface area contributed by atoms with E-state index in [0.29, 0.717) is 30.3 Å². The van der Waals surface area contributed by atoms with Crippen LogP contribution in [-0.2, 0) is 29.7 Å². The smallest absolute Gasteiger partial charge is 0.226 e. The number of carbonyl (C=O) groups is 1. The molecule has 246 valence electrons. The number of imidazole rings is 1. The topological polar surface area (TPSA) is 95.2 Å². The van der Waals surface area contributed by atoms with E-state index in [-0.39, 0.29) is 29.7 Å². The first kappa shape index (κ1) is 35.2. The summed E-state index contributed by atoms with van der Waals surface area (Å²) in [5.74, 6) is 0.910. The molecule has 1 aromatic heterocycles. The van der Waals surface area contributed by atoms with Crippen molar-refractivity contribution in [1.82, 2.24) is 19.8 Å². The number of nitriles is 1. The molecular weight excluding hydrogens is 605 g/mol. The van der Waals surface area contributed by atoms with Crippen molar-refractivity contribution in [3.63, 3.8) is 0 Å². The molecule has 4 rings (SSSR count). The van der Waals surface area contributed by atoms with E-state index in [4.69, 9.17) is 22.2 Å². The summed E-state index contributed by atoms with van der Waals surface area (Å²) in [5.41, 5.74) is 5.81. The van der Waals surface area contributed by atoms with E-state index in [1.165, 1.54) is 5.56 Å². The van der Waals surface area contributed by atoms with E-state index in [1.807, 2.05) is 41.0 Å². The molecular formula is C38H46N6O2S. The number of hydrogen-bond donors (Lipinski definition) is 2. The Kier molecular flexibility index (Phi) is 12.2. The summed E-state index contributed by atoms with van der Waals surface area (Å²) in [5, 5.41) is 16.4. The molecule has 8 nitrogen and oxygen atoms in total. The fourth-order valence-electron chi connectivity index (χ4n) is 5.26. The minimum Gasteiger partial charge on any atom is -0.497 e. The highest BCUT2D eigenvalue weighted by Gasteiger charge is 2.24. The first-order chi connectivity index (χ1) is 22.5. The molecule has 0 saturated heterocycles. The summed E-state index contributed by atoms with van der Waals surface area (Å²) in [6.07, 6.45) is 4.58. The second-order valence-electron chi connectivity index (χ2n) is 13.0. The Balaban J connectivity index is 1.51. The van der Waals surface area contributed by atoms with E-state index < -0.39 is 0 Å². The van der Waals surface area contributed by atoms with Crippen molar-refractivity contribution in [2.24, 2.45) is 5.92 Å². The van der Waals surface area contributed by atoms with Gasteiger partial charge in [-0.25, -0.2) is 4.98 Å². The minimum atomic E-state index is -0.146. The van der Waals surface area contributed by atoms with Crippen molar-refractivity contribution < 1.29 is 9.53 Å². The van der Waals surface area contributed by atoms with Crippen LogP contribution in [0.25, 0.3) is 0 Å². The lowest BCUT2D eigenvalue weighted by Crippen LogP contribution is -2.50. The van der Waals surface area contributed by atoms with E-state index in [9.17, 15) is 4.79 Å². The second kappa shape index (κ2) is 16.2. The predicted octanol–water partition coefficient (Wildman–Crippen LogP) is 7.08. The standard InChI is InChI=1S/C38H46N6O2S/c1-7-27(2)35(42-36(45)20-33-22-40-26-44(33)24-29-10-8-28(21-39)9-11-29)25-43(23-30-12-14-31(15-13-30)38(3,4)5)37(47)41-32-16-18-34(46-6)19-17-32/h8-19,22,26-27,35H,7,20,23-25H2,1-6H3,(H,41,47)(H,42,45)/t27-,35+/m0/s1. The molecule has 0 fully saturated rings. The van der Waals surface area contributed by atoms with E-state index >= 15 is 0 Å². The Morgan fingerprint density at radius 1 is 1.04 bits per heavy atom. The van der Waals surface area contributed by atoms with Crippen LogP contribution in [0.4, 0.5) is 5.69 Å². The Bertz CT molecular complexity index is 1650. The molecule has 0 bridgehead atoms. The van der Waals surface area contributed by atoms with Gasteiger partial charge in [-0.05, 0) is 76.6 Å². The molecule has 9 heteroatoms. The average Bonchev–Trinajstić information content (AvgIpc) is 3.49. The highest BCUT2D eigenvalue weighted by Crippen LogP contribution is 2.23. The number of ether oxygens (including phenoxy) is 1. The molecule has 2 atom stereocenters. The number of benzene rings is 3. The molecule has 3 aromatic carbocycles. The third-order valence-corrected chi connectivity index (χ3v) is 8.85. The molecule has 0 aliphatic carbocycles. The van der Waals surface area contributed by atoms with Crippen molar-refractivity contribution in [3.05, 3.63) is 113 Å². The molecule has 47 heavy (non-hydrogen) atoms. The average molecular weight is 651 g/mol. The van der Waals surface area contributed by atoms with Crippen molar-refractivity contribution in [2.75, 3.05) is 19.0 Å². The van der Waals surface area contributed by atoms with Crippen LogP contribution < -0.4 is 15.4 Å². The van der Waals surface area contributed by atoms with Gasteiger partial charge in [0.1, 0.15) is 5.75 Å². The number of thiocarbonyl (C=S) groups is 1. The summed E-state index contributed by atoms with van der Waals surface area (Å²) in [6.45, 7) is 12.6. The predicted molar refractivity (Wildman–Crippen MR) is 192 cm³/mol. The van der Waals surface area contributed by atoms with Gasteiger partial charge in [0.2, 0.25) is 5.91 Å². The summed E-state index contributed by atoms with van der Waals surface area (Å²) >= 11 is 5.99. The van der Waals surface area contributed by atoms with Gasteiger partial charge >= 0.3 is 0 Å². The molecule has 0 unspecified atom stereocenters. The number of anilines is 1. The van der Waals surface area contributed by atoms with Crippen LogP contribution in [0.2, 0.25) is 0 Å². The molecule has 1 heterocycles. The number of aromatic nitrogens is 2. The maximum Gasteiger partial charge on any atom is 0.226 e. The maximum atomic E-state index is 13.6. The van der Waals surface area contributed by atoms with Crippen LogP contribution >= 0.6 is 12.2 Å². The quantitative estimate of drug-likeness (QED) is 0.149. The molecule has 0 saturated carbocycles. The first-order valence-corrected chi connectivity index (χ1v) is 16.5. The molecule has 0 aliphatic heterocycles. The van der Waals surface area contributed by atoms with Crippen molar-refractivity contribution >= 4 is 28.9 Å². The monoisotopic (exact) mass is 650 g/mol. The van der Waals surface area contributed by atoms with E-state index in [2.05, 4.69) is 85.5 Å². The summed E-state index contributed by atoms with van der Waals surface area (Å²) in [4.78, 5) is 20.0. The third-order valence-electron chi connectivity index (χ3n) is 8.49. The van der Waals surface area contributed by atoms with Gasteiger partial charge in [0.15, 0.2) is 5.11 Å². The van der Waals surface area contributed by atoms with Gasteiger partial charge in [0.05, 0.1) is 31.5 Å². The highest BCUT2D eigenvalue weighted by molar-refractivity contribution is 7.80. The second-order valence-corrected chi connectivity index (χ2v) is 13.4. The Morgan fingerprint density at radius 2 is 1.70 bits per heavy atom. The fourth-order valence-corrected chi connectivity index (χ4v) is 5.51. The maximum absolute atomic E-state index is 13.6. The number of amides is 1. The molecule has 2 N–H and O–H groups in total. The summed E-state index contributed by atoms with van der Waals surface area (Å²) < 4.78 is 7.29. The zero-order valence-corrected chi connectivity index (χ0v) is 29.1. The SMILES string of the molecule is CC[C@H](C)[C@@H](CN(Cc1ccc(C(C)(C)C)cc1)C(=S)Nc1ccc(OC)cc1)NC(=O)Cc1cncn1Cc1ccc(C#N)cc1. The van der Waals surface area contributed by atoms with E-state index in [0.717, 1.165) is 34.7 Å². The number of rotatable bonds is 13. The number of carbonyl (C=O) groups excluding carboxylic acids is 1. The first-order valence-electron chi connectivity index (χ1n) is 16.1. The number of nitrogens with zero attached hydrogens (tertiary/aromatic N) is 4. The minimum absolute atomic E-state index is 0.0623. The zero-order chi connectivity index (χ0) is 34.0. The lowest BCUT2D eigenvalue weighted by molar-refractivity contribution is -0.121. The van der Waals surface area contributed by atoms with Gasteiger partial charge in [-0.15, -0.1) is 0 Å². The Morgan fingerprint density at radius 3 is 2.30 bits per heavy atom. The van der Waals surface area contributed by atoms with Crippen LogP contribution in [-0.4, -0.2) is 45.2 Å². The van der Waals surface area contributed by atoms with E-state index in [1.54, 1.807) is 31.8 Å². The number of hydrogen-bond acceptors (Lipinski definition) is 5. The van der Waals surface area contributed by atoms with Crippen LogP contribution in [0.15, 0.2) is 85.3 Å². The van der Waals surface area contributed by atoms with Crippen LogP contribution in [0.1, 0.15) is 69.0 Å². The van der Waals surface area contributed by atoms with Crippen LogP contribution in [0.3, 0.4) is 0 Å².